The van der Waals surface area contributed by atoms with E-state index in [0.29, 0.717) is 35.5 Å². The Balaban J connectivity index is 1.58. The molecule has 2 aromatic carbocycles. The highest BCUT2D eigenvalue weighted by Crippen LogP contribution is 2.38. The SMILES string of the molecule is CCOC(=O)CNC(=O)N1CCC[C@H]1c1nc2cc(-c3ccccc3C(F)(F)F)ccc2o1. The lowest BCUT2D eigenvalue weighted by atomic mass is 9.99. The molecule has 33 heavy (non-hydrogen) atoms. The summed E-state index contributed by atoms with van der Waals surface area (Å²) in [7, 11) is 0. The van der Waals surface area contributed by atoms with Gasteiger partial charge in [-0.2, -0.15) is 13.2 Å². The first-order chi connectivity index (χ1) is 15.8. The summed E-state index contributed by atoms with van der Waals surface area (Å²) in [6.45, 7) is 2.11. The molecule has 2 amide bonds. The number of carbonyl (C=O) groups excluding carboxylic acids is 2. The number of hydrogen-bond donors (Lipinski definition) is 1. The molecule has 1 aliphatic heterocycles. The van der Waals surface area contributed by atoms with Crippen LogP contribution in [-0.4, -0.2) is 41.6 Å². The van der Waals surface area contributed by atoms with Gasteiger partial charge in [0, 0.05) is 6.54 Å². The molecule has 0 bridgehead atoms. The number of ether oxygens (including phenoxy) is 1. The van der Waals surface area contributed by atoms with E-state index >= 15 is 0 Å². The number of nitrogens with zero attached hydrogens (tertiary/aromatic N) is 2. The van der Waals surface area contributed by atoms with Crippen LogP contribution in [0.2, 0.25) is 0 Å². The van der Waals surface area contributed by atoms with Gasteiger partial charge >= 0.3 is 18.2 Å². The molecule has 2 heterocycles. The van der Waals surface area contributed by atoms with Crippen molar-refractivity contribution < 1.29 is 31.9 Å². The second kappa shape index (κ2) is 9.13. The first kappa shape index (κ1) is 22.6. The van der Waals surface area contributed by atoms with Crippen LogP contribution in [0.3, 0.4) is 0 Å². The van der Waals surface area contributed by atoms with Gasteiger partial charge in [-0.15, -0.1) is 0 Å². The lowest BCUT2D eigenvalue weighted by Crippen LogP contribution is -2.42. The third kappa shape index (κ3) is 4.79. The highest BCUT2D eigenvalue weighted by atomic mass is 19.4. The van der Waals surface area contributed by atoms with E-state index in [4.69, 9.17) is 9.15 Å². The van der Waals surface area contributed by atoms with Gasteiger partial charge in [-0.05, 0) is 49.1 Å². The molecule has 1 aromatic heterocycles. The predicted molar refractivity (Wildman–Crippen MR) is 113 cm³/mol. The van der Waals surface area contributed by atoms with Crippen LogP contribution in [-0.2, 0) is 15.7 Å². The van der Waals surface area contributed by atoms with Gasteiger partial charge in [-0.25, -0.2) is 9.78 Å². The zero-order valence-electron chi connectivity index (χ0n) is 17.8. The fourth-order valence-electron chi connectivity index (χ4n) is 3.97. The normalized spacial score (nSPS) is 16.2. The Labute approximate surface area is 187 Å². The molecule has 174 valence electrons. The summed E-state index contributed by atoms with van der Waals surface area (Å²) in [5.74, 6) is -0.231. The van der Waals surface area contributed by atoms with Gasteiger partial charge < -0.3 is 19.4 Å². The number of nitrogens with one attached hydrogen (secondary N) is 1. The highest BCUT2D eigenvalue weighted by molar-refractivity contribution is 5.83. The molecular formula is C23H22F3N3O4. The Hall–Kier alpha value is -3.56. The van der Waals surface area contributed by atoms with Gasteiger partial charge in [0.05, 0.1) is 12.2 Å². The molecule has 4 rings (SSSR count). The summed E-state index contributed by atoms with van der Waals surface area (Å²) in [6.07, 6.45) is -3.15. The number of fused-ring (bicyclic) bond motifs is 1. The first-order valence-corrected chi connectivity index (χ1v) is 10.5. The number of amides is 2. The number of benzene rings is 2. The second-order valence-corrected chi connectivity index (χ2v) is 7.59. The van der Waals surface area contributed by atoms with Crippen molar-refractivity contribution in [2.45, 2.75) is 32.0 Å². The van der Waals surface area contributed by atoms with E-state index in [0.717, 1.165) is 12.5 Å². The summed E-state index contributed by atoms with van der Waals surface area (Å²) in [4.78, 5) is 30.1. The Kier molecular flexibility index (Phi) is 6.26. The van der Waals surface area contributed by atoms with Crippen molar-refractivity contribution in [2.24, 2.45) is 0 Å². The topological polar surface area (TPSA) is 84.7 Å². The summed E-state index contributed by atoms with van der Waals surface area (Å²) < 4.78 is 50.9. The molecule has 10 heteroatoms. The maximum Gasteiger partial charge on any atom is 0.417 e. The van der Waals surface area contributed by atoms with E-state index < -0.39 is 29.8 Å². The van der Waals surface area contributed by atoms with Crippen LogP contribution >= 0.6 is 0 Å². The van der Waals surface area contributed by atoms with Crippen LogP contribution < -0.4 is 5.32 Å². The predicted octanol–water partition coefficient (Wildman–Crippen LogP) is 4.92. The number of aromatic nitrogens is 1. The van der Waals surface area contributed by atoms with E-state index in [9.17, 15) is 22.8 Å². The number of hydrogen-bond acceptors (Lipinski definition) is 5. The van der Waals surface area contributed by atoms with Crippen LogP contribution in [0, 0.1) is 0 Å². The van der Waals surface area contributed by atoms with Crippen molar-refractivity contribution >= 4 is 23.1 Å². The third-order valence-electron chi connectivity index (χ3n) is 5.44. The van der Waals surface area contributed by atoms with Crippen LogP contribution in [0.4, 0.5) is 18.0 Å². The van der Waals surface area contributed by atoms with Crippen LogP contribution in [0.5, 0.6) is 0 Å². The molecule has 0 saturated carbocycles. The number of halogens is 3. The quantitative estimate of drug-likeness (QED) is 0.545. The number of likely N-dealkylation sites (tertiary alicyclic amines) is 1. The van der Waals surface area contributed by atoms with E-state index in [1.807, 2.05) is 0 Å². The van der Waals surface area contributed by atoms with E-state index in [1.54, 1.807) is 31.2 Å². The molecule has 3 aromatic rings. The number of esters is 1. The van der Waals surface area contributed by atoms with E-state index in [1.165, 1.54) is 17.0 Å². The molecule has 1 fully saturated rings. The minimum absolute atomic E-state index is 0.0530. The van der Waals surface area contributed by atoms with Gasteiger partial charge in [0.2, 0.25) is 5.89 Å². The number of rotatable bonds is 5. The molecule has 0 radical (unpaired) electrons. The number of carbonyl (C=O) groups is 2. The van der Waals surface area contributed by atoms with Crippen molar-refractivity contribution in [2.75, 3.05) is 19.7 Å². The van der Waals surface area contributed by atoms with Gasteiger partial charge in [0.25, 0.3) is 0 Å². The number of urea groups is 1. The van der Waals surface area contributed by atoms with Gasteiger partial charge in [0.15, 0.2) is 5.58 Å². The van der Waals surface area contributed by atoms with Crippen molar-refractivity contribution in [3.63, 3.8) is 0 Å². The Morgan fingerprint density at radius 3 is 2.79 bits per heavy atom. The average Bonchev–Trinajstić information content (AvgIpc) is 3.43. The Bertz CT molecular complexity index is 1180. The maximum absolute atomic E-state index is 13.4. The number of alkyl halides is 3. The minimum Gasteiger partial charge on any atom is -0.465 e. The molecule has 1 atom stereocenters. The highest BCUT2D eigenvalue weighted by Gasteiger charge is 2.35. The third-order valence-corrected chi connectivity index (χ3v) is 5.44. The van der Waals surface area contributed by atoms with Crippen molar-refractivity contribution in [3.05, 3.63) is 53.9 Å². The summed E-state index contributed by atoms with van der Waals surface area (Å²) in [6, 6.07) is 9.16. The summed E-state index contributed by atoms with van der Waals surface area (Å²) in [5, 5.41) is 2.53. The molecule has 0 aliphatic carbocycles. The Morgan fingerprint density at radius 2 is 2.03 bits per heavy atom. The first-order valence-electron chi connectivity index (χ1n) is 10.5. The second-order valence-electron chi connectivity index (χ2n) is 7.59. The molecular weight excluding hydrogens is 439 g/mol. The van der Waals surface area contributed by atoms with E-state index in [-0.39, 0.29) is 18.7 Å². The largest absolute Gasteiger partial charge is 0.465 e. The van der Waals surface area contributed by atoms with E-state index in [2.05, 4.69) is 10.3 Å². The minimum atomic E-state index is -4.48. The molecule has 0 unspecified atom stereocenters. The van der Waals surface area contributed by atoms with Crippen LogP contribution in [0.1, 0.15) is 37.3 Å². The van der Waals surface area contributed by atoms with Crippen LogP contribution in [0.25, 0.3) is 22.2 Å². The number of oxazole rings is 1. The zero-order valence-corrected chi connectivity index (χ0v) is 17.8. The fourth-order valence-corrected chi connectivity index (χ4v) is 3.97. The fraction of sp³-hybridized carbons (Fsp3) is 0.348. The lowest BCUT2D eigenvalue weighted by molar-refractivity contribution is -0.142. The standard InChI is InChI=1S/C23H22F3N3O4/c1-2-32-20(30)13-27-22(31)29-11-5-8-18(29)21-28-17-12-14(9-10-19(17)33-21)15-6-3-4-7-16(15)23(24,25)26/h3-4,6-7,9-10,12,18H,2,5,8,11,13H2,1H3,(H,27,31)/t18-/m0/s1. The zero-order chi connectivity index (χ0) is 23.6. The van der Waals surface area contributed by atoms with Crippen molar-refractivity contribution in [1.29, 1.82) is 0 Å². The molecule has 1 saturated heterocycles. The van der Waals surface area contributed by atoms with Gasteiger partial charge in [0.1, 0.15) is 18.1 Å². The molecule has 7 nitrogen and oxygen atoms in total. The van der Waals surface area contributed by atoms with Gasteiger partial charge in [-0.3, -0.25) is 4.79 Å². The molecule has 1 N–H and O–H groups in total. The van der Waals surface area contributed by atoms with Crippen molar-refractivity contribution in [1.82, 2.24) is 15.2 Å². The van der Waals surface area contributed by atoms with Gasteiger partial charge in [-0.1, -0.05) is 24.3 Å². The lowest BCUT2D eigenvalue weighted by Gasteiger charge is -2.22. The average molecular weight is 461 g/mol. The summed E-state index contributed by atoms with van der Waals surface area (Å²) >= 11 is 0. The molecule has 1 aliphatic rings. The monoisotopic (exact) mass is 461 g/mol. The Morgan fingerprint density at radius 1 is 1.24 bits per heavy atom. The molecule has 0 spiro atoms. The maximum atomic E-state index is 13.4. The smallest absolute Gasteiger partial charge is 0.417 e. The van der Waals surface area contributed by atoms with Crippen molar-refractivity contribution in [3.8, 4) is 11.1 Å². The summed E-state index contributed by atoms with van der Waals surface area (Å²) in [5.41, 5.74) is 0.506. The van der Waals surface area contributed by atoms with Crippen LogP contribution in [0.15, 0.2) is 46.9 Å².